The third-order valence-electron chi connectivity index (χ3n) is 2.75. The molecular formula is C13H15NO. The Morgan fingerprint density at radius 2 is 2.13 bits per heavy atom. The zero-order valence-corrected chi connectivity index (χ0v) is 9.16. The molecule has 2 nitrogen and oxygen atoms in total. The molecular weight excluding hydrogens is 186 g/mol. The van der Waals surface area contributed by atoms with Gasteiger partial charge in [-0.3, -0.25) is 0 Å². The molecule has 1 heterocycles. The second kappa shape index (κ2) is 3.89. The number of carbonyl (C=O) groups is 1. The molecule has 0 atom stereocenters. The molecule has 2 heteroatoms. The predicted octanol–water partition coefficient (Wildman–Crippen LogP) is 2.71. The van der Waals surface area contributed by atoms with E-state index in [0.717, 1.165) is 18.5 Å². The molecule has 1 aromatic heterocycles. The smallest absolute Gasteiger partial charge is 0.125 e. The number of benzene rings is 1. The maximum absolute atomic E-state index is 10.6. The second-order valence-corrected chi connectivity index (χ2v) is 3.81. The fourth-order valence-corrected chi connectivity index (χ4v) is 2.05. The molecule has 0 unspecified atom stereocenters. The molecule has 0 bridgehead atoms. The van der Waals surface area contributed by atoms with Gasteiger partial charge in [0.25, 0.3) is 0 Å². The summed E-state index contributed by atoms with van der Waals surface area (Å²) in [7, 11) is 0. The quantitative estimate of drug-likeness (QED) is 0.700. The zero-order valence-electron chi connectivity index (χ0n) is 9.16. The van der Waals surface area contributed by atoms with Crippen molar-refractivity contribution in [3.05, 3.63) is 35.5 Å². The van der Waals surface area contributed by atoms with E-state index in [1.54, 1.807) is 0 Å². The Kier molecular flexibility index (Phi) is 2.58. The largest absolute Gasteiger partial charge is 0.344 e. The van der Waals surface area contributed by atoms with Gasteiger partial charge in [0.05, 0.1) is 0 Å². The van der Waals surface area contributed by atoms with Crippen LogP contribution in [0, 0.1) is 6.92 Å². The standard InChI is InChI=1S/C13H15NO/c1-3-14-12(6-7-15)9-11-5-4-10(2)8-13(11)14/h4-5,7-9H,3,6H2,1-2H3. The minimum absolute atomic E-state index is 0.502. The van der Waals surface area contributed by atoms with Crippen LogP contribution in [0.1, 0.15) is 18.2 Å². The highest BCUT2D eigenvalue weighted by atomic mass is 16.1. The van der Waals surface area contributed by atoms with Gasteiger partial charge < -0.3 is 9.36 Å². The van der Waals surface area contributed by atoms with Crippen LogP contribution in [0.5, 0.6) is 0 Å². The summed E-state index contributed by atoms with van der Waals surface area (Å²) < 4.78 is 2.21. The van der Waals surface area contributed by atoms with Crippen LogP contribution in [0.2, 0.25) is 0 Å². The van der Waals surface area contributed by atoms with E-state index in [0.29, 0.717) is 6.42 Å². The minimum Gasteiger partial charge on any atom is -0.344 e. The summed E-state index contributed by atoms with van der Waals surface area (Å²) in [6.45, 7) is 5.11. The number of hydrogen-bond acceptors (Lipinski definition) is 1. The lowest BCUT2D eigenvalue weighted by Gasteiger charge is -2.05. The number of aldehydes is 1. The van der Waals surface area contributed by atoms with Crippen LogP contribution in [0.3, 0.4) is 0 Å². The van der Waals surface area contributed by atoms with Crippen LogP contribution in [0.15, 0.2) is 24.3 Å². The van der Waals surface area contributed by atoms with Crippen LogP contribution in [0.4, 0.5) is 0 Å². The maximum Gasteiger partial charge on any atom is 0.125 e. The van der Waals surface area contributed by atoms with E-state index >= 15 is 0 Å². The third-order valence-corrected chi connectivity index (χ3v) is 2.75. The number of rotatable bonds is 3. The molecule has 2 aromatic rings. The highest BCUT2D eigenvalue weighted by molar-refractivity contribution is 5.82. The maximum atomic E-state index is 10.6. The molecule has 2 rings (SSSR count). The summed E-state index contributed by atoms with van der Waals surface area (Å²) in [6.07, 6.45) is 1.47. The fraction of sp³-hybridized carbons (Fsp3) is 0.308. The highest BCUT2D eigenvalue weighted by Gasteiger charge is 2.06. The Morgan fingerprint density at radius 3 is 2.80 bits per heavy atom. The number of aryl methyl sites for hydroxylation is 2. The van der Waals surface area contributed by atoms with Gasteiger partial charge in [-0.1, -0.05) is 12.1 Å². The van der Waals surface area contributed by atoms with Crippen molar-refractivity contribution in [1.82, 2.24) is 4.57 Å². The van der Waals surface area contributed by atoms with E-state index in [4.69, 9.17) is 0 Å². The van der Waals surface area contributed by atoms with Crippen molar-refractivity contribution in [2.24, 2.45) is 0 Å². The van der Waals surface area contributed by atoms with Crippen molar-refractivity contribution in [3.63, 3.8) is 0 Å². The van der Waals surface area contributed by atoms with Gasteiger partial charge >= 0.3 is 0 Å². The number of nitrogens with zero attached hydrogens (tertiary/aromatic N) is 1. The molecule has 1 aromatic carbocycles. The summed E-state index contributed by atoms with van der Waals surface area (Å²) in [4.78, 5) is 10.6. The molecule has 0 spiro atoms. The molecule has 0 fully saturated rings. The minimum atomic E-state index is 0.502. The van der Waals surface area contributed by atoms with Gasteiger partial charge in [0.2, 0.25) is 0 Å². The number of carbonyl (C=O) groups excluding carboxylic acids is 1. The van der Waals surface area contributed by atoms with Crippen LogP contribution in [-0.2, 0) is 17.8 Å². The second-order valence-electron chi connectivity index (χ2n) is 3.81. The average molecular weight is 201 g/mol. The molecule has 15 heavy (non-hydrogen) atoms. The van der Waals surface area contributed by atoms with Gasteiger partial charge in [0.15, 0.2) is 0 Å². The molecule has 78 valence electrons. The van der Waals surface area contributed by atoms with Gasteiger partial charge in [-0.25, -0.2) is 0 Å². The predicted molar refractivity (Wildman–Crippen MR) is 62.1 cm³/mol. The average Bonchev–Trinajstić information content (AvgIpc) is 2.55. The normalized spacial score (nSPS) is 10.8. The Bertz CT molecular complexity index is 496. The summed E-state index contributed by atoms with van der Waals surface area (Å²) in [5.41, 5.74) is 3.59. The first-order valence-electron chi connectivity index (χ1n) is 5.28. The fourth-order valence-electron chi connectivity index (χ4n) is 2.05. The Labute approximate surface area is 89.5 Å². The van der Waals surface area contributed by atoms with Crippen LogP contribution in [-0.4, -0.2) is 10.9 Å². The summed E-state index contributed by atoms with van der Waals surface area (Å²) >= 11 is 0. The van der Waals surface area contributed by atoms with E-state index in [2.05, 4.69) is 42.7 Å². The highest BCUT2D eigenvalue weighted by Crippen LogP contribution is 2.21. The number of aromatic nitrogens is 1. The zero-order chi connectivity index (χ0) is 10.8. The SMILES string of the molecule is CCn1c(CC=O)cc2ccc(C)cc21. The van der Waals surface area contributed by atoms with Gasteiger partial charge in [-0.05, 0) is 36.9 Å². The molecule has 0 amide bonds. The number of hydrogen-bond donors (Lipinski definition) is 0. The van der Waals surface area contributed by atoms with Crippen molar-refractivity contribution in [1.29, 1.82) is 0 Å². The summed E-state index contributed by atoms with van der Waals surface area (Å²) in [5.74, 6) is 0. The first kappa shape index (κ1) is 9.97. The molecule has 0 saturated heterocycles. The Balaban J connectivity index is 2.68. The summed E-state index contributed by atoms with van der Waals surface area (Å²) in [6, 6.07) is 8.50. The Hall–Kier alpha value is -1.57. The van der Waals surface area contributed by atoms with Crippen molar-refractivity contribution >= 4 is 17.2 Å². The van der Waals surface area contributed by atoms with E-state index in [1.165, 1.54) is 16.5 Å². The van der Waals surface area contributed by atoms with Gasteiger partial charge in [-0.15, -0.1) is 0 Å². The number of fused-ring (bicyclic) bond motifs is 1. The topological polar surface area (TPSA) is 22.0 Å². The Morgan fingerprint density at radius 1 is 1.33 bits per heavy atom. The third kappa shape index (κ3) is 1.67. The van der Waals surface area contributed by atoms with Crippen LogP contribution >= 0.6 is 0 Å². The van der Waals surface area contributed by atoms with Crippen LogP contribution in [0.25, 0.3) is 10.9 Å². The first-order chi connectivity index (χ1) is 7.26. The molecule has 0 radical (unpaired) electrons. The van der Waals surface area contributed by atoms with Gasteiger partial charge in [0, 0.05) is 24.2 Å². The first-order valence-corrected chi connectivity index (χ1v) is 5.28. The van der Waals surface area contributed by atoms with Crippen molar-refractivity contribution in [2.75, 3.05) is 0 Å². The molecule has 0 aliphatic carbocycles. The summed E-state index contributed by atoms with van der Waals surface area (Å²) in [5, 5.41) is 1.22. The van der Waals surface area contributed by atoms with Crippen molar-refractivity contribution in [3.8, 4) is 0 Å². The lowest BCUT2D eigenvalue weighted by atomic mass is 10.2. The van der Waals surface area contributed by atoms with Crippen molar-refractivity contribution < 1.29 is 4.79 Å². The molecule has 0 aliphatic rings. The molecule has 0 aliphatic heterocycles. The van der Waals surface area contributed by atoms with Gasteiger partial charge in [-0.2, -0.15) is 0 Å². The lowest BCUT2D eigenvalue weighted by Crippen LogP contribution is -2.00. The van der Waals surface area contributed by atoms with E-state index in [-0.39, 0.29) is 0 Å². The van der Waals surface area contributed by atoms with Crippen LogP contribution < -0.4 is 0 Å². The van der Waals surface area contributed by atoms with Crippen molar-refractivity contribution in [2.45, 2.75) is 26.8 Å². The monoisotopic (exact) mass is 201 g/mol. The van der Waals surface area contributed by atoms with Gasteiger partial charge in [0.1, 0.15) is 6.29 Å². The van der Waals surface area contributed by atoms with E-state index in [9.17, 15) is 4.79 Å². The van der Waals surface area contributed by atoms with E-state index < -0.39 is 0 Å². The van der Waals surface area contributed by atoms with E-state index in [1.807, 2.05) is 0 Å². The molecule has 0 saturated carbocycles. The molecule has 0 N–H and O–H groups in total. The lowest BCUT2D eigenvalue weighted by molar-refractivity contribution is -0.107.